The van der Waals surface area contributed by atoms with Gasteiger partial charge < -0.3 is 10.4 Å². The van der Waals surface area contributed by atoms with E-state index in [4.69, 9.17) is 5.11 Å². The van der Waals surface area contributed by atoms with Crippen molar-refractivity contribution < 1.29 is 9.90 Å². The molecule has 0 aliphatic rings. The molecule has 1 aromatic rings. The second-order valence-corrected chi connectivity index (χ2v) is 3.01. The van der Waals surface area contributed by atoms with Crippen molar-refractivity contribution in [3.8, 4) is 0 Å². The van der Waals surface area contributed by atoms with Crippen molar-refractivity contribution in [1.82, 2.24) is 10.3 Å². The molecule has 0 saturated carbocycles. The third kappa shape index (κ3) is 4.57. The third-order valence-electron chi connectivity index (χ3n) is 1.83. The van der Waals surface area contributed by atoms with Gasteiger partial charge in [0, 0.05) is 18.9 Å². The summed E-state index contributed by atoms with van der Waals surface area (Å²) in [5.74, 6) is -0.765. The number of rotatable bonds is 6. The molecule has 0 aromatic carbocycles. The Bertz CT molecular complexity index is 275. The molecule has 0 radical (unpaired) electrons. The van der Waals surface area contributed by atoms with E-state index in [0.29, 0.717) is 6.54 Å². The standard InChI is InChI=1S/C10H14N2O2/c13-10(14)4-7-11-6-3-9-2-1-5-12-8-9/h1-2,5,8,11H,3-4,6-7H2,(H,13,14). The Morgan fingerprint density at radius 3 is 3.00 bits per heavy atom. The number of aromatic nitrogens is 1. The number of pyridine rings is 1. The summed E-state index contributed by atoms with van der Waals surface area (Å²) in [5, 5.41) is 11.4. The molecule has 2 N–H and O–H groups in total. The number of hydrogen-bond acceptors (Lipinski definition) is 3. The van der Waals surface area contributed by atoms with E-state index in [1.54, 1.807) is 6.20 Å². The fourth-order valence-corrected chi connectivity index (χ4v) is 1.10. The van der Waals surface area contributed by atoms with Crippen LogP contribution in [-0.4, -0.2) is 29.1 Å². The summed E-state index contributed by atoms with van der Waals surface area (Å²) in [6.45, 7) is 1.31. The largest absolute Gasteiger partial charge is 0.481 e. The van der Waals surface area contributed by atoms with Crippen LogP contribution in [0.3, 0.4) is 0 Å². The van der Waals surface area contributed by atoms with Gasteiger partial charge in [-0.05, 0) is 24.6 Å². The van der Waals surface area contributed by atoms with Crippen LogP contribution in [0.2, 0.25) is 0 Å². The Morgan fingerprint density at radius 2 is 2.36 bits per heavy atom. The van der Waals surface area contributed by atoms with Gasteiger partial charge in [-0.3, -0.25) is 9.78 Å². The number of aliphatic carboxylic acids is 1. The van der Waals surface area contributed by atoms with Gasteiger partial charge in [-0.25, -0.2) is 0 Å². The van der Waals surface area contributed by atoms with Crippen LogP contribution < -0.4 is 5.32 Å². The predicted octanol–water partition coefficient (Wildman–Crippen LogP) is 0.688. The van der Waals surface area contributed by atoms with Crippen molar-refractivity contribution in [3.63, 3.8) is 0 Å². The number of carboxylic acid groups (broad SMARTS) is 1. The molecule has 4 heteroatoms. The van der Waals surface area contributed by atoms with E-state index in [0.717, 1.165) is 18.5 Å². The lowest BCUT2D eigenvalue weighted by molar-refractivity contribution is -0.136. The van der Waals surface area contributed by atoms with Crippen molar-refractivity contribution >= 4 is 5.97 Å². The minimum Gasteiger partial charge on any atom is -0.481 e. The van der Waals surface area contributed by atoms with Crippen molar-refractivity contribution in [1.29, 1.82) is 0 Å². The van der Waals surface area contributed by atoms with Crippen LogP contribution in [0.15, 0.2) is 24.5 Å². The quantitative estimate of drug-likeness (QED) is 0.654. The average molecular weight is 194 g/mol. The minimum absolute atomic E-state index is 0.174. The molecule has 0 fully saturated rings. The van der Waals surface area contributed by atoms with Crippen LogP contribution in [0, 0.1) is 0 Å². The monoisotopic (exact) mass is 194 g/mol. The van der Waals surface area contributed by atoms with Crippen LogP contribution in [-0.2, 0) is 11.2 Å². The van der Waals surface area contributed by atoms with Crippen LogP contribution in [0.1, 0.15) is 12.0 Å². The second-order valence-electron chi connectivity index (χ2n) is 3.01. The Kier molecular flexibility index (Phi) is 4.64. The lowest BCUT2D eigenvalue weighted by Gasteiger charge is -2.02. The molecule has 0 aliphatic carbocycles. The van der Waals surface area contributed by atoms with Gasteiger partial charge in [0.15, 0.2) is 0 Å². The summed E-state index contributed by atoms with van der Waals surface area (Å²) in [5.41, 5.74) is 1.16. The number of nitrogens with one attached hydrogen (secondary N) is 1. The van der Waals surface area contributed by atoms with Crippen molar-refractivity contribution in [2.24, 2.45) is 0 Å². The zero-order chi connectivity index (χ0) is 10.2. The van der Waals surface area contributed by atoms with E-state index < -0.39 is 5.97 Å². The molecule has 76 valence electrons. The molecular formula is C10H14N2O2. The number of carbonyl (C=O) groups is 1. The van der Waals surface area contributed by atoms with Crippen molar-refractivity contribution in [2.45, 2.75) is 12.8 Å². The van der Waals surface area contributed by atoms with Crippen LogP contribution in [0.4, 0.5) is 0 Å². The normalized spacial score (nSPS) is 10.0. The maximum absolute atomic E-state index is 10.2. The van der Waals surface area contributed by atoms with E-state index in [2.05, 4.69) is 10.3 Å². The van der Waals surface area contributed by atoms with Crippen LogP contribution >= 0.6 is 0 Å². The topological polar surface area (TPSA) is 62.2 Å². The molecule has 0 bridgehead atoms. The highest BCUT2D eigenvalue weighted by molar-refractivity contribution is 5.66. The lowest BCUT2D eigenvalue weighted by Crippen LogP contribution is -2.20. The average Bonchev–Trinajstić information content (AvgIpc) is 2.18. The molecule has 1 heterocycles. The molecular weight excluding hydrogens is 180 g/mol. The summed E-state index contributed by atoms with van der Waals surface area (Å²) >= 11 is 0. The van der Waals surface area contributed by atoms with Crippen molar-refractivity contribution in [2.75, 3.05) is 13.1 Å². The van der Waals surface area contributed by atoms with E-state index in [1.807, 2.05) is 18.3 Å². The Morgan fingerprint density at radius 1 is 1.50 bits per heavy atom. The fraction of sp³-hybridized carbons (Fsp3) is 0.400. The first-order valence-electron chi connectivity index (χ1n) is 4.60. The van der Waals surface area contributed by atoms with E-state index >= 15 is 0 Å². The molecule has 14 heavy (non-hydrogen) atoms. The van der Waals surface area contributed by atoms with Gasteiger partial charge in [-0.1, -0.05) is 6.07 Å². The fourth-order valence-electron chi connectivity index (χ4n) is 1.10. The second kappa shape index (κ2) is 6.10. The van der Waals surface area contributed by atoms with E-state index in [1.165, 1.54) is 0 Å². The highest BCUT2D eigenvalue weighted by atomic mass is 16.4. The Labute approximate surface area is 83.0 Å². The van der Waals surface area contributed by atoms with Crippen LogP contribution in [0.5, 0.6) is 0 Å². The van der Waals surface area contributed by atoms with E-state index in [9.17, 15) is 4.79 Å². The van der Waals surface area contributed by atoms with Crippen LogP contribution in [0.25, 0.3) is 0 Å². The molecule has 4 nitrogen and oxygen atoms in total. The maximum atomic E-state index is 10.2. The molecule has 0 spiro atoms. The summed E-state index contributed by atoms with van der Waals surface area (Å²) in [7, 11) is 0. The highest BCUT2D eigenvalue weighted by Gasteiger charge is 1.95. The zero-order valence-electron chi connectivity index (χ0n) is 7.94. The maximum Gasteiger partial charge on any atom is 0.304 e. The van der Waals surface area contributed by atoms with Gasteiger partial charge in [0.2, 0.25) is 0 Å². The lowest BCUT2D eigenvalue weighted by atomic mass is 10.2. The summed E-state index contributed by atoms with van der Waals surface area (Å²) in [6, 6.07) is 3.90. The molecule has 0 aliphatic heterocycles. The van der Waals surface area contributed by atoms with Gasteiger partial charge in [0.05, 0.1) is 6.42 Å². The molecule has 0 saturated heterocycles. The van der Waals surface area contributed by atoms with Crippen molar-refractivity contribution in [3.05, 3.63) is 30.1 Å². The van der Waals surface area contributed by atoms with Gasteiger partial charge in [-0.2, -0.15) is 0 Å². The number of nitrogens with zero attached hydrogens (tertiary/aromatic N) is 1. The molecule has 0 amide bonds. The summed E-state index contributed by atoms with van der Waals surface area (Å²) < 4.78 is 0. The van der Waals surface area contributed by atoms with E-state index in [-0.39, 0.29) is 6.42 Å². The Balaban J connectivity index is 2.08. The van der Waals surface area contributed by atoms with Gasteiger partial charge in [-0.15, -0.1) is 0 Å². The zero-order valence-corrected chi connectivity index (χ0v) is 7.94. The molecule has 1 rings (SSSR count). The van der Waals surface area contributed by atoms with Gasteiger partial charge in [0.25, 0.3) is 0 Å². The Hall–Kier alpha value is -1.42. The SMILES string of the molecule is O=C(O)CCNCCc1cccnc1. The minimum atomic E-state index is -0.765. The number of hydrogen-bond donors (Lipinski definition) is 2. The first-order chi connectivity index (χ1) is 6.79. The third-order valence-corrected chi connectivity index (χ3v) is 1.83. The predicted molar refractivity (Wildman–Crippen MR) is 53.1 cm³/mol. The summed E-state index contributed by atoms with van der Waals surface area (Å²) in [6.07, 6.45) is 4.61. The summed E-state index contributed by atoms with van der Waals surface area (Å²) in [4.78, 5) is 14.2. The first kappa shape index (κ1) is 10.7. The van der Waals surface area contributed by atoms with Gasteiger partial charge in [0.1, 0.15) is 0 Å². The number of carboxylic acids is 1. The highest BCUT2D eigenvalue weighted by Crippen LogP contribution is 1.95. The molecule has 0 atom stereocenters. The molecule has 1 aromatic heterocycles. The smallest absolute Gasteiger partial charge is 0.304 e. The first-order valence-corrected chi connectivity index (χ1v) is 4.60. The molecule has 0 unspecified atom stereocenters. The van der Waals surface area contributed by atoms with Gasteiger partial charge >= 0.3 is 5.97 Å².